The molecule has 8 nitrogen and oxygen atoms in total. The van der Waals surface area contributed by atoms with Crippen LogP contribution in [0, 0.1) is 6.92 Å². The van der Waals surface area contributed by atoms with Gasteiger partial charge in [-0.2, -0.15) is 4.31 Å². The summed E-state index contributed by atoms with van der Waals surface area (Å²) in [5, 5.41) is 2.77. The highest BCUT2D eigenvalue weighted by Crippen LogP contribution is 2.36. The molecule has 5 rings (SSSR count). The quantitative estimate of drug-likeness (QED) is 0.209. The molecule has 1 heterocycles. The number of ether oxygens (including phenoxy) is 1. The Morgan fingerprint density at radius 3 is 2.20 bits per heavy atom. The van der Waals surface area contributed by atoms with Crippen molar-refractivity contribution >= 4 is 39.0 Å². The van der Waals surface area contributed by atoms with Gasteiger partial charge in [0.05, 0.1) is 17.4 Å². The minimum absolute atomic E-state index is 0.173. The highest BCUT2D eigenvalue weighted by atomic mass is 32.2. The molecule has 1 aliphatic heterocycles. The molecule has 9 heteroatoms. The van der Waals surface area contributed by atoms with Crippen molar-refractivity contribution in [3.8, 4) is 0 Å². The number of rotatable bonds is 10. The molecule has 4 aromatic rings. The van der Waals surface area contributed by atoms with Crippen LogP contribution in [0.25, 0.3) is 0 Å². The molecule has 1 atom stereocenters. The minimum Gasteiger partial charge on any atom is -0.456 e. The van der Waals surface area contributed by atoms with Crippen LogP contribution in [0.2, 0.25) is 0 Å². The Bertz CT molecular complexity index is 1710. The lowest BCUT2D eigenvalue weighted by Gasteiger charge is -2.36. The third-order valence-corrected chi connectivity index (χ3v) is 9.62. The van der Waals surface area contributed by atoms with Crippen molar-refractivity contribution in [1.82, 2.24) is 4.31 Å². The van der Waals surface area contributed by atoms with Crippen LogP contribution in [0.1, 0.15) is 43.0 Å². The van der Waals surface area contributed by atoms with Crippen LogP contribution >= 0.6 is 0 Å². The molecule has 0 fully saturated rings. The summed E-state index contributed by atoms with van der Waals surface area (Å²) in [6.07, 6.45) is 0.322. The number of carbonyl (C=O) groups excluding carboxylic acids is 2. The number of nitrogens with one attached hydrogen (secondary N) is 1. The number of hydrogen-bond acceptors (Lipinski definition) is 6. The van der Waals surface area contributed by atoms with Crippen molar-refractivity contribution < 1.29 is 22.7 Å². The second kappa shape index (κ2) is 13.4. The predicted octanol–water partition coefficient (Wildman–Crippen LogP) is 6.40. The van der Waals surface area contributed by atoms with Gasteiger partial charge >= 0.3 is 5.97 Å². The average Bonchev–Trinajstić information content (AvgIpc) is 3.01. The number of fused-ring (bicyclic) bond motifs is 1. The fourth-order valence-electron chi connectivity index (χ4n) is 5.57. The molecule has 4 aromatic carbocycles. The van der Waals surface area contributed by atoms with Gasteiger partial charge < -0.3 is 15.0 Å². The van der Waals surface area contributed by atoms with Gasteiger partial charge in [0, 0.05) is 29.6 Å². The Labute approximate surface area is 259 Å². The lowest BCUT2D eigenvalue weighted by Crippen LogP contribution is -2.41. The Kier molecular flexibility index (Phi) is 9.46. The first-order valence-corrected chi connectivity index (χ1v) is 16.1. The van der Waals surface area contributed by atoms with Crippen molar-refractivity contribution in [3.05, 3.63) is 120 Å². The number of para-hydroxylation sites is 1. The zero-order valence-corrected chi connectivity index (χ0v) is 26.0. The first-order chi connectivity index (χ1) is 21.1. The minimum atomic E-state index is -3.88. The van der Waals surface area contributed by atoms with Crippen LogP contribution in [-0.4, -0.2) is 43.8 Å². The molecule has 0 spiro atoms. The van der Waals surface area contributed by atoms with Gasteiger partial charge in [0.15, 0.2) is 6.61 Å². The summed E-state index contributed by atoms with van der Waals surface area (Å²) in [6, 6.07) is 31.2. The third-order valence-electron chi connectivity index (χ3n) is 7.70. The van der Waals surface area contributed by atoms with Crippen LogP contribution in [-0.2, 0) is 30.8 Å². The summed E-state index contributed by atoms with van der Waals surface area (Å²) in [6.45, 7) is 5.87. The first-order valence-electron chi connectivity index (χ1n) is 14.7. The average molecular weight is 612 g/mol. The van der Waals surface area contributed by atoms with E-state index in [0.717, 1.165) is 28.1 Å². The van der Waals surface area contributed by atoms with E-state index in [0.29, 0.717) is 12.1 Å². The number of sulfonamides is 1. The number of aryl methyl sites for hydroxylation is 1. The fourth-order valence-corrected chi connectivity index (χ4v) is 7.18. The standard InChI is InChI=1S/C35H37N3O5S/c1-25(2)38(29-10-5-4-6-11-29)30-17-15-28(16-18-30)36-34(39)24-43-35(40)23-33-32-12-8-7-9-27(32)21-22-37(33)44(41,42)31-19-13-26(3)14-20-31/h4-20,25,33H,21-24H2,1-3H3,(H,36,39)/t33-/m0/s1. The van der Waals surface area contributed by atoms with Crippen molar-refractivity contribution in [1.29, 1.82) is 0 Å². The summed E-state index contributed by atoms with van der Waals surface area (Å²) in [5.74, 6) is -1.14. The summed E-state index contributed by atoms with van der Waals surface area (Å²) < 4.78 is 34.0. The molecule has 0 aliphatic carbocycles. The molecule has 1 amide bonds. The maximum atomic E-state index is 13.7. The van der Waals surface area contributed by atoms with E-state index < -0.39 is 34.5 Å². The number of hydrogen-bond donors (Lipinski definition) is 1. The van der Waals surface area contributed by atoms with E-state index in [-0.39, 0.29) is 23.9 Å². The Morgan fingerprint density at radius 1 is 0.886 bits per heavy atom. The monoisotopic (exact) mass is 611 g/mol. The zero-order chi connectivity index (χ0) is 31.3. The number of anilines is 3. The van der Waals surface area contributed by atoms with Crippen molar-refractivity contribution in [2.45, 2.75) is 50.6 Å². The van der Waals surface area contributed by atoms with Gasteiger partial charge in [0.25, 0.3) is 5.91 Å². The van der Waals surface area contributed by atoms with Crippen LogP contribution < -0.4 is 10.2 Å². The van der Waals surface area contributed by atoms with Crippen molar-refractivity contribution in [2.24, 2.45) is 0 Å². The molecular weight excluding hydrogens is 574 g/mol. The molecule has 0 radical (unpaired) electrons. The number of carbonyl (C=O) groups is 2. The fraction of sp³-hybridized carbons (Fsp3) is 0.257. The highest BCUT2D eigenvalue weighted by Gasteiger charge is 2.38. The molecule has 0 saturated carbocycles. The maximum Gasteiger partial charge on any atom is 0.308 e. The molecular formula is C35H37N3O5S. The molecule has 0 unspecified atom stereocenters. The lowest BCUT2D eigenvalue weighted by atomic mass is 9.92. The van der Waals surface area contributed by atoms with E-state index in [1.165, 1.54) is 4.31 Å². The van der Waals surface area contributed by atoms with Crippen molar-refractivity contribution in [3.63, 3.8) is 0 Å². The number of amides is 1. The Morgan fingerprint density at radius 2 is 1.52 bits per heavy atom. The second-order valence-corrected chi connectivity index (χ2v) is 13.0. The highest BCUT2D eigenvalue weighted by molar-refractivity contribution is 7.89. The van der Waals surface area contributed by atoms with Gasteiger partial charge in [-0.05, 0) is 86.8 Å². The van der Waals surface area contributed by atoms with Gasteiger partial charge in [-0.1, -0.05) is 60.2 Å². The summed E-state index contributed by atoms with van der Waals surface area (Å²) in [7, 11) is -3.88. The second-order valence-electron chi connectivity index (χ2n) is 11.2. The molecule has 1 N–H and O–H groups in total. The zero-order valence-electron chi connectivity index (χ0n) is 25.1. The van der Waals surface area contributed by atoms with E-state index in [2.05, 4.69) is 24.1 Å². The molecule has 1 aliphatic rings. The van der Waals surface area contributed by atoms with Gasteiger partial charge in [0.1, 0.15) is 0 Å². The van der Waals surface area contributed by atoms with E-state index in [1.807, 2.05) is 73.7 Å². The Hall–Kier alpha value is -4.47. The van der Waals surface area contributed by atoms with Crippen LogP contribution in [0.3, 0.4) is 0 Å². The summed E-state index contributed by atoms with van der Waals surface area (Å²) in [4.78, 5) is 28.1. The van der Waals surface area contributed by atoms with Gasteiger partial charge in [-0.25, -0.2) is 8.42 Å². The van der Waals surface area contributed by atoms with E-state index in [1.54, 1.807) is 36.4 Å². The number of benzene rings is 4. The lowest BCUT2D eigenvalue weighted by molar-refractivity contribution is -0.148. The maximum absolute atomic E-state index is 13.7. The molecule has 0 aromatic heterocycles. The Balaban J connectivity index is 1.23. The van der Waals surface area contributed by atoms with Crippen LogP contribution in [0.15, 0.2) is 108 Å². The van der Waals surface area contributed by atoms with Crippen molar-refractivity contribution in [2.75, 3.05) is 23.4 Å². The van der Waals surface area contributed by atoms with Gasteiger partial charge in [-0.15, -0.1) is 0 Å². The van der Waals surface area contributed by atoms with Crippen LogP contribution in [0.5, 0.6) is 0 Å². The third kappa shape index (κ3) is 7.01. The molecule has 0 bridgehead atoms. The summed E-state index contributed by atoms with van der Waals surface area (Å²) >= 11 is 0. The summed E-state index contributed by atoms with van der Waals surface area (Å²) in [5.41, 5.74) is 5.33. The van der Waals surface area contributed by atoms with E-state index >= 15 is 0 Å². The largest absolute Gasteiger partial charge is 0.456 e. The molecule has 228 valence electrons. The normalized spacial score (nSPS) is 15.0. The van der Waals surface area contributed by atoms with E-state index in [9.17, 15) is 18.0 Å². The topological polar surface area (TPSA) is 96.0 Å². The first kappa shape index (κ1) is 31.0. The smallest absolute Gasteiger partial charge is 0.308 e. The van der Waals surface area contributed by atoms with Gasteiger partial charge in [-0.3, -0.25) is 9.59 Å². The number of esters is 1. The SMILES string of the molecule is Cc1ccc(S(=O)(=O)N2CCc3ccccc3[C@@H]2CC(=O)OCC(=O)Nc2ccc(N(c3ccccc3)C(C)C)cc2)cc1. The number of nitrogens with zero attached hydrogens (tertiary/aromatic N) is 2. The molecule has 44 heavy (non-hydrogen) atoms. The molecule has 0 saturated heterocycles. The van der Waals surface area contributed by atoms with Gasteiger partial charge in [0.2, 0.25) is 10.0 Å². The van der Waals surface area contributed by atoms with E-state index in [4.69, 9.17) is 4.74 Å². The van der Waals surface area contributed by atoms with Crippen LogP contribution in [0.4, 0.5) is 17.1 Å². The predicted molar refractivity (Wildman–Crippen MR) is 172 cm³/mol.